The van der Waals surface area contributed by atoms with Gasteiger partial charge in [-0.3, -0.25) is 4.79 Å². The Morgan fingerprint density at radius 3 is 2.53 bits per heavy atom. The molecule has 0 saturated heterocycles. The van der Waals surface area contributed by atoms with Crippen molar-refractivity contribution in [3.05, 3.63) is 23.8 Å². The second kappa shape index (κ2) is 5.95. The van der Waals surface area contributed by atoms with Gasteiger partial charge in [0.25, 0.3) is 5.91 Å². The number of hydrogen-bond acceptors (Lipinski definition) is 3. The third-order valence-electron chi connectivity index (χ3n) is 2.73. The van der Waals surface area contributed by atoms with Crippen molar-refractivity contribution in [2.45, 2.75) is 27.7 Å². The highest BCUT2D eigenvalue weighted by atomic mass is 16.1. The predicted octanol–water partition coefficient (Wildman–Crippen LogP) is 2.50. The maximum atomic E-state index is 12.1. The van der Waals surface area contributed by atoms with Gasteiger partial charge in [0.15, 0.2) is 0 Å². The summed E-state index contributed by atoms with van der Waals surface area (Å²) in [6, 6.07) is 5.41. The number of carbonyl (C=O) groups excluding carboxylic acids is 1. The molecule has 19 heavy (non-hydrogen) atoms. The van der Waals surface area contributed by atoms with E-state index >= 15 is 0 Å². The smallest absolute Gasteiger partial charge is 0.253 e. The van der Waals surface area contributed by atoms with E-state index < -0.39 is 0 Å². The summed E-state index contributed by atoms with van der Waals surface area (Å²) in [4.78, 5) is 14.2. The van der Waals surface area contributed by atoms with Crippen LogP contribution >= 0.6 is 0 Å². The van der Waals surface area contributed by atoms with Crippen molar-refractivity contribution < 1.29 is 4.79 Å². The van der Waals surface area contributed by atoms with E-state index in [1.54, 1.807) is 12.1 Å². The number of nitrogens with two attached hydrogens (primary N) is 1. The Kier molecular flexibility index (Phi) is 4.81. The lowest BCUT2D eigenvalue weighted by Crippen LogP contribution is -2.32. The molecule has 0 aliphatic rings. The highest BCUT2D eigenvalue weighted by Crippen LogP contribution is 2.26. The van der Waals surface area contributed by atoms with Crippen LogP contribution in [0.25, 0.3) is 0 Å². The van der Waals surface area contributed by atoms with Crippen molar-refractivity contribution in [2.75, 3.05) is 30.8 Å². The summed E-state index contributed by atoms with van der Waals surface area (Å²) in [5.41, 5.74) is 8.21. The molecular formula is C15H25N3O. The third kappa shape index (κ3) is 4.47. The minimum atomic E-state index is -0.0572. The third-order valence-corrected chi connectivity index (χ3v) is 2.73. The minimum Gasteiger partial charge on any atom is -0.399 e. The van der Waals surface area contributed by atoms with Crippen molar-refractivity contribution in [2.24, 2.45) is 5.41 Å². The summed E-state index contributed by atoms with van der Waals surface area (Å²) in [5.74, 6) is -0.0572. The van der Waals surface area contributed by atoms with E-state index in [4.69, 9.17) is 5.73 Å². The molecule has 0 radical (unpaired) electrons. The van der Waals surface area contributed by atoms with Crippen LogP contribution in [0.2, 0.25) is 0 Å². The number of anilines is 2. The van der Waals surface area contributed by atoms with E-state index in [9.17, 15) is 4.79 Å². The Morgan fingerprint density at radius 2 is 2.00 bits per heavy atom. The summed E-state index contributed by atoms with van der Waals surface area (Å²) in [7, 11) is 1.99. The van der Waals surface area contributed by atoms with Gasteiger partial charge in [-0.05, 0) is 30.5 Å². The first-order valence-corrected chi connectivity index (χ1v) is 6.63. The van der Waals surface area contributed by atoms with Crippen LogP contribution in [0, 0.1) is 5.41 Å². The molecule has 0 aliphatic heterocycles. The predicted molar refractivity (Wildman–Crippen MR) is 81.6 cm³/mol. The zero-order chi connectivity index (χ0) is 14.6. The first-order valence-electron chi connectivity index (χ1n) is 6.63. The molecule has 0 aromatic heterocycles. The number of nitrogens with one attached hydrogen (secondary N) is 1. The monoisotopic (exact) mass is 263 g/mol. The molecule has 4 nitrogen and oxygen atoms in total. The van der Waals surface area contributed by atoms with Gasteiger partial charge < -0.3 is 16.0 Å². The van der Waals surface area contributed by atoms with Gasteiger partial charge in [-0.15, -0.1) is 0 Å². The SMILES string of the molecule is CCNC(=O)c1ccc(N)cc1N(C)CC(C)(C)C. The van der Waals surface area contributed by atoms with Crippen molar-refractivity contribution in [3.8, 4) is 0 Å². The largest absolute Gasteiger partial charge is 0.399 e. The van der Waals surface area contributed by atoms with Crippen molar-refractivity contribution in [3.63, 3.8) is 0 Å². The number of hydrogen-bond donors (Lipinski definition) is 2. The van der Waals surface area contributed by atoms with Crippen molar-refractivity contribution in [1.29, 1.82) is 0 Å². The lowest BCUT2D eigenvalue weighted by atomic mass is 9.95. The van der Waals surface area contributed by atoms with Crippen LogP contribution in [-0.2, 0) is 0 Å². The van der Waals surface area contributed by atoms with Crippen LogP contribution in [0.1, 0.15) is 38.1 Å². The van der Waals surface area contributed by atoms with Gasteiger partial charge in [0.2, 0.25) is 0 Å². The van der Waals surface area contributed by atoms with E-state index in [1.807, 2.05) is 20.0 Å². The number of rotatable bonds is 4. The zero-order valence-corrected chi connectivity index (χ0v) is 12.6. The number of nitrogen functional groups attached to an aromatic ring is 1. The van der Waals surface area contributed by atoms with Crippen molar-refractivity contribution >= 4 is 17.3 Å². The minimum absolute atomic E-state index is 0.0572. The molecule has 1 aromatic carbocycles. The topological polar surface area (TPSA) is 58.4 Å². The molecule has 0 bridgehead atoms. The van der Waals surface area contributed by atoms with E-state index in [0.29, 0.717) is 17.8 Å². The molecule has 0 aliphatic carbocycles. The molecule has 0 fully saturated rings. The molecule has 3 N–H and O–H groups in total. The maximum Gasteiger partial charge on any atom is 0.253 e. The lowest BCUT2D eigenvalue weighted by molar-refractivity contribution is 0.0956. The molecule has 0 unspecified atom stereocenters. The molecule has 0 atom stereocenters. The Morgan fingerprint density at radius 1 is 1.37 bits per heavy atom. The van der Waals surface area contributed by atoms with E-state index in [1.165, 1.54) is 0 Å². The Labute approximate surface area is 116 Å². The van der Waals surface area contributed by atoms with E-state index in [0.717, 1.165) is 12.2 Å². The fourth-order valence-electron chi connectivity index (χ4n) is 2.11. The first-order chi connectivity index (χ1) is 8.74. The average Bonchev–Trinajstić information content (AvgIpc) is 2.26. The Balaban J connectivity index is 3.10. The van der Waals surface area contributed by atoms with Gasteiger partial charge >= 0.3 is 0 Å². The average molecular weight is 263 g/mol. The van der Waals surface area contributed by atoms with E-state index in [2.05, 4.69) is 31.0 Å². The van der Waals surface area contributed by atoms with Gasteiger partial charge in [0.1, 0.15) is 0 Å². The van der Waals surface area contributed by atoms with Crippen LogP contribution < -0.4 is 16.0 Å². The summed E-state index contributed by atoms with van der Waals surface area (Å²) >= 11 is 0. The van der Waals surface area contributed by atoms with Crippen LogP contribution in [0.15, 0.2) is 18.2 Å². The zero-order valence-electron chi connectivity index (χ0n) is 12.6. The number of nitrogens with zero attached hydrogens (tertiary/aromatic N) is 1. The number of amides is 1. The molecular weight excluding hydrogens is 238 g/mol. The normalized spacial score (nSPS) is 11.2. The van der Waals surface area contributed by atoms with Gasteiger partial charge in [-0.2, -0.15) is 0 Å². The van der Waals surface area contributed by atoms with Crippen molar-refractivity contribution in [1.82, 2.24) is 5.32 Å². The van der Waals surface area contributed by atoms with Gasteiger partial charge in [0, 0.05) is 25.8 Å². The van der Waals surface area contributed by atoms with Crippen LogP contribution in [0.3, 0.4) is 0 Å². The van der Waals surface area contributed by atoms with E-state index in [-0.39, 0.29) is 11.3 Å². The number of carbonyl (C=O) groups is 1. The molecule has 0 spiro atoms. The standard InChI is InChI=1S/C15H25N3O/c1-6-17-14(19)12-8-7-11(16)9-13(12)18(5)10-15(2,3)4/h7-9H,6,10,16H2,1-5H3,(H,17,19). The molecule has 0 saturated carbocycles. The van der Waals surface area contributed by atoms with Gasteiger partial charge in [-0.25, -0.2) is 0 Å². The molecule has 106 valence electrons. The second-order valence-electron chi connectivity index (χ2n) is 6.05. The van der Waals surface area contributed by atoms with Gasteiger partial charge in [0.05, 0.1) is 11.3 Å². The van der Waals surface area contributed by atoms with Gasteiger partial charge in [-0.1, -0.05) is 20.8 Å². The summed E-state index contributed by atoms with van der Waals surface area (Å²) < 4.78 is 0. The fraction of sp³-hybridized carbons (Fsp3) is 0.533. The molecule has 1 amide bonds. The fourth-order valence-corrected chi connectivity index (χ4v) is 2.11. The Bertz CT molecular complexity index is 449. The lowest BCUT2D eigenvalue weighted by Gasteiger charge is -2.29. The first kappa shape index (κ1) is 15.3. The summed E-state index contributed by atoms with van der Waals surface area (Å²) in [6.07, 6.45) is 0. The summed E-state index contributed by atoms with van der Waals surface area (Å²) in [6.45, 7) is 9.88. The second-order valence-corrected chi connectivity index (χ2v) is 6.05. The van der Waals surface area contributed by atoms with Crippen LogP contribution in [0.4, 0.5) is 11.4 Å². The highest BCUT2D eigenvalue weighted by Gasteiger charge is 2.19. The maximum absolute atomic E-state index is 12.1. The van der Waals surface area contributed by atoms with Crippen LogP contribution in [-0.4, -0.2) is 26.0 Å². The van der Waals surface area contributed by atoms with Crippen LogP contribution in [0.5, 0.6) is 0 Å². The molecule has 1 aromatic rings. The summed E-state index contributed by atoms with van der Waals surface area (Å²) in [5, 5.41) is 2.83. The molecule has 4 heteroatoms. The Hall–Kier alpha value is -1.71. The quantitative estimate of drug-likeness (QED) is 0.821. The highest BCUT2D eigenvalue weighted by molar-refractivity contribution is 6.00. The number of benzene rings is 1. The molecule has 0 heterocycles. The molecule has 1 rings (SSSR count).